The minimum atomic E-state index is -0.617. The maximum Gasteiger partial charge on any atom is 0.130 e. The van der Waals surface area contributed by atoms with Gasteiger partial charge in [0.25, 0.3) is 0 Å². The topological polar surface area (TPSA) is 35.2 Å². The molecule has 1 fully saturated rings. The number of hydrogen-bond donors (Lipinski definition) is 1. The van der Waals surface area contributed by atoms with Crippen LogP contribution in [0.2, 0.25) is 0 Å². The molecule has 1 aliphatic heterocycles. The monoisotopic (exact) mass is 213 g/mol. The van der Waals surface area contributed by atoms with Gasteiger partial charge in [-0.3, -0.25) is 0 Å². The summed E-state index contributed by atoms with van der Waals surface area (Å²) in [6.45, 7) is 1.10. The Morgan fingerprint density at radius 1 is 1.33 bits per heavy atom. The average molecular weight is 213 g/mol. The van der Waals surface area contributed by atoms with Gasteiger partial charge in [-0.05, 0) is 18.6 Å². The van der Waals surface area contributed by atoms with Gasteiger partial charge in [0.2, 0.25) is 0 Å². The molecule has 15 heavy (non-hydrogen) atoms. The van der Waals surface area contributed by atoms with E-state index in [1.165, 1.54) is 18.2 Å². The van der Waals surface area contributed by atoms with Crippen molar-refractivity contribution >= 4 is 0 Å². The molecule has 1 saturated heterocycles. The molecular weight excluding hydrogens is 200 g/mol. The molecule has 2 rings (SSSR count). The molecule has 0 aliphatic carbocycles. The standard InChI is InChI=1S/C11H13F2NO/c12-8-2-1-3-9(13)10(8)11(14)7-4-5-15-6-7/h1-3,7,11H,4-6,14H2. The SMILES string of the molecule is NC(c1c(F)cccc1F)C1CCOC1. The highest BCUT2D eigenvalue weighted by Gasteiger charge is 2.27. The van der Waals surface area contributed by atoms with Crippen molar-refractivity contribution in [2.45, 2.75) is 12.5 Å². The molecule has 0 saturated carbocycles. The molecule has 0 aromatic heterocycles. The van der Waals surface area contributed by atoms with Crippen LogP contribution >= 0.6 is 0 Å². The van der Waals surface area contributed by atoms with Crippen molar-refractivity contribution in [3.05, 3.63) is 35.4 Å². The third-order valence-corrected chi connectivity index (χ3v) is 2.81. The van der Waals surface area contributed by atoms with E-state index in [9.17, 15) is 8.78 Å². The fourth-order valence-electron chi connectivity index (χ4n) is 1.90. The predicted molar refractivity (Wildman–Crippen MR) is 52.2 cm³/mol. The number of hydrogen-bond acceptors (Lipinski definition) is 2. The van der Waals surface area contributed by atoms with Gasteiger partial charge in [0.1, 0.15) is 11.6 Å². The largest absolute Gasteiger partial charge is 0.381 e. The van der Waals surface area contributed by atoms with Crippen LogP contribution in [0.5, 0.6) is 0 Å². The molecule has 2 atom stereocenters. The molecule has 82 valence electrons. The van der Waals surface area contributed by atoms with E-state index >= 15 is 0 Å². The molecule has 1 aromatic rings. The lowest BCUT2D eigenvalue weighted by Crippen LogP contribution is -2.24. The summed E-state index contributed by atoms with van der Waals surface area (Å²) in [5, 5.41) is 0. The van der Waals surface area contributed by atoms with Gasteiger partial charge in [0.15, 0.2) is 0 Å². The lowest BCUT2D eigenvalue weighted by atomic mass is 9.92. The molecule has 2 N–H and O–H groups in total. The van der Waals surface area contributed by atoms with Crippen molar-refractivity contribution in [3.63, 3.8) is 0 Å². The molecule has 2 unspecified atom stereocenters. The first-order valence-corrected chi connectivity index (χ1v) is 4.97. The van der Waals surface area contributed by atoms with Gasteiger partial charge in [0, 0.05) is 24.1 Å². The van der Waals surface area contributed by atoms with Crippen LogP contribution in [-0.2, 0) is 4.74 Å². The molecule has 1 aliphatic rings. The van der Waals surface area contributed by atoms with Crippen LogP contribution in [0.4, 0.5) is 8.78 Å². The van der Waals surface area contributed by atoms with Crippen LogP contribution < -0.4 is 5.73 Å². The zero-order valence-electron chi connectivity index (χ0n) is 8.25. The Labute approximate surface area is 87.0 Å². The van der Waals surface area contributed by atoms with Crippen LogP contribution in [0.3, 0.4) is 0 Å². The van der Waals surface area contributed by atoms with E-state index in [4.69, 9.17) is 10.5 Å². The van der Waals surface area contributed by atoms with Crippen molar-refractivity contribution < 1.29 is 13.5 Å². The maximum atomic E-state index is 13.4. The zero-order chi connectivity index (χ0) is 10.8. The summed E-state index contributed by atoms with van der Waals surface area (Å²) in [6, 6.07) is 3.18. The summed E-state index contributed by atoms with van der Waals surface area (Å²) in [5.41, 5.74) is 5.82. The van der Waals surface area contributed by atoms with Gasteiger partial charge in [0.05, 0.1) is 6.61 Å². The Morgan fingerprint density at radius 3 is 2.53 bits per heavy atom. The highest BCUT2D eigenvalue weighted by atomic mass is 19.1. The molecule has 2 nitrogen and oxygen atoms in total. The molecule has 4 heteroatoms. The molecule has 1 heterocycles. The van der Waals surface area contributed by atoms with E-state index in [0.717, 1.165) is 6.42 Å². The second-order valence-electron chi connectivity index (χ2n) is 3.78. The fraction of sp³-hybridized carbons (Fsp3) is 0.455. The van der Waals surface area contributed by atoms with Crippen molar-refractivity contribution in [3.8, 4) is 0 Å². The summed E-state index contributed by atoms with van der Waals surface area (Å²) in [7, 11) is 0. The Hall–Kier alpha value is -1.00. The molecule has 0 radical (unpaired) electrons. The Bertz CT molecular complexity index is 330. The second kappa shape index (κ2) is 4.24. The fourth-order valence-corrected chi connectivity index (χ4v) is 1.90. The molecule has 1 aromatic carbocycles. The van der Waals surface area contributed by atoms with Crippen molar-refractivity contribution in [2.75, 3.05) is 13.2 Å². The molecule has 0 amide bonds. The highest BCUT2D eigenvalue weighted by Crippen LogP contribution is 2.29. The van der Waals surface area contributed by atoms with Crippen molar-refractivity contribution in [2.24, 2.45) is 11.7 Å². The summed E-state index contributed by atoms with van der Waals surface area (Å²) < 4.78 is 31.9. The molecule has 0 spiro atoms. The average Bonchev–Trinajstić information content (AvgIpc) is 2.69. The van der Waals surface area contributed by atoms with Crippen LogP contribution in [0.1, 0.15) is 18.0 Å². The van der Waals surface area contributed by atoms with Gasteiger partial charge in [-0.15, -0.1) is 0 Å². The van der Waals surface area contributed by atoms with Gasteiger partial charge in [-0.2, -0.15) is 0 Å². The minimum Gasteiger partial charge on any atom is -0.381 e. The van der Waals surface area contributed by atoms with Gasteiger partial charge in [-0.1, -0.05) is 6.07 Å². The first-order valence-electron chi connectivity index (χ1n) is 4.97. The quantitative estimate of drug-likeness (QED) is 0.815. The summed E-state index contributed by atoms with van der Waals surface area (Å²) in [6.07, 6.45) is 0.759. The Kier molecular flexibility index (Phi) is 2.98. The Balaban J connectivity index is 2.27. The van der Waals surface area contributed by atoms with Gasteiger partial charge < -0.3 is 10.5 Å². The van der Waals surface area contributed by atoms with Crippen LogP contribution in [0, 0.1) is 17.6 Å². The number of ether oxygens (including phenoxy) is 1. The smallest absolute Gasteiger partial charge is 0.130 e. The Morgan fingerprint density at radius 2 is 2.00 bits per heavy atom. The van der Waals surface area contributed by atoms with E-state index in [1.807, 2.05) is 0 Å². The van der Waals surface area contributed by atoms with Crippen molar-refractivity contribution in [1.82, 2.24) is 0 Å². The summed E-state index contributed by atoms with van der Waals surface area (Å²) in [5.74, 6) is -1.14. The third kappa shape index (κ3) is 2.01. The first-order chi connectivity index (χ1) is 7.20. The summed E-state index contributed by atoms with van der Waals surface area (Å²) in [4.78, 5) is 0. The van der Waals surface area contributed by atoms with E-state index < -0.39 is 17.7 Å². The van der Waals surface area contributed by atoms with E-state index in [0.29, 0.717) is 13.2 Å². The third-order valence-electron chi connectivity index (χ3n) is 2.81. The highest BCUT2D eigenvalue weighted by molar-refractivity contribution is 5.23. The summed E-state index contributed by atoms with van der Waals surface area (Å²) >= 11 is 0. The lowest BCUT2D eigenvalue weighted by molar-refractivity contribution is 0.180. The van der Waals surface area contributed by atoms with E-state index in [2.05, 4.69) is 0 Å². The van der Waals surface area contributed by atoms with Crippen LogP contribution in [0.15, 0.2) is 18.2 Å². The zero-order valence-corrected chi connectivity index (χ0v) is 8.25. The predicted octanol–water partition coefficient (Wildman–Crippen LogP) is 2.00. The van der Waals surface area contributed by atoms with Crippen LogP contribution in [0.25, 0.3) is 0 Å². The van der Waals surface area contributed by atoms with E-state index in [-0.39, 0.29) is 11.5 Å². The van der Waals surface area contributed by atoms with E-state index in [1.54, 1.807) is 0 Å². The second-order valence-corrected chi connectivity index (χ2v) is 3.78. The number of rotatable bonds is 2. The van der Waals surface area contributed by atoms with Crippen molar-refractivity contribution in [1.29, 1.82) is 0 Å². The number of nitrogens with two attached hydrogens (primary N) is 1. The van der Waals surface area contributed by atoms with Gasteiger partial charge in [-0.25, -0.2) is 8.78 Å². The first kappa shape index (κ1) is 10.5. The lowest BCUT2D eigenvalue weighted by Gasteiger charge is -2.18. The minimum absolute atomic E-state index is 0.0106. The normalized spacial score (nSPS) is 23.0. The number of benzene rings is 1. The molecule has 0 bridgehead atoms. The molecular formula is C11H13F2NO. The van der Waals surface area contributed by atoms with Gasteiger partial charge >= 0.3 is 0 Å². The maximum absolute atomic E-state index is 13.4. The number of halogens is 2. The van der Waals surface area contributed by atoms with Crippen LogP contribution in [-0.4, -0.2) is 13.2 Å².